The average Bonchev–Trinajstić information content (AvgIpc) is 2.53. The number of hydrogen-bond acceptors (Lipinski definition) is 4. The quantitative estimate of drug-likeness (QED) is 0.573. The maximum Gasteiger partial charge on any atom is 0.124 e. The maximum atomic E-state index is 10.0. The van der Waals surface area contributed by atoms with Crippen LogP contribution in [0.3, 0.4) is 0 Å². The molecule has 0 spiro atoms. The Morgan fingerprint density at radius 1 is 1.05 bits per heavy atom. The number of nitrogens with two attached hydrogens (primary N) is 1. The van der Waals surface area contributed by atoms with Crippen molar-refractivity contribution in [1.29, 1.82) is 0 Å². The molecule has 3 aromatic rings. The summed E-state index contributed by atoms with van der Waals surface area (Å²) in [6.07, 6.45) is 3.72. The van der Waals surface area contributed by atoms with Gasteiger partial charge in [0.15, 0.2) is 0 Å². The number of hydrogen-bond donors (Lipinski definition) is 2. The van der Waals surface area contributed by atoms with E-state index < -0.39 is 0 Å². The van der Waals surface area contributed by atoms with Crippen LogP contribution in [0.2, 0.25) is 0 Å². The molecule has 0 fully saturated rings. The minimum absolute atomic E-state index is 0.187. The van der Waals surface area contributed by atoms with Crippen molar-refractivity contribution in [3.05, 3.63) is 65.9 Å². The lowest BCUT2D eigenvalue weighted by Gasteiger charge is -2.12. The molecule has 0 saturated heterocycles. The van der Waals surface area contributed by atoms with Crippen molar-refractivity contribution >= 4 is 28.7 Å². The summed E-state index contributed by atoms with van der Waals surface area (Å²) in [4.78, 5) is 4.57. The zero-order valence-electron chi connectivity index (χ0n) is 12.3. The highest BCUT2D eigenvalue weighted by atomic mass is 16.3. The SMILES string of the molecule is CN(N)c1ccc(C=Cc2ccc3ccccc3n2)c(O)c1. The van der Waals surface area contributed by atoms with Crippen molar-refractivity contribution in [2.24, 2.45) is 5.84 Å². The maximum absolute atomic E-state index is 10.0. The molecule has 110 valence electrons. The molecule has 0 atom stereocenters. The fraction of sp³-hybridized carbons (Fsp3) is 0.0556. The average molecular weight is 291 g/mol. The van der Waals surface area contributed by atoms with Gasteiger partial charge in [0, 0.05) is 24.1 Å². The first-order chi connectivity index (χ1) is 10.6. The van der Waals surface area contributed by atoms with Gasteiger partial charge in [0.1, 0.15) is 5.75 Å². The first-order valence-electron chi connectivity index (χ1n) is 6.99. The molecule has 0 aliphatic heterocycles. The van der Waals surface area contributed by atoms with E-state index in [2.05, 4.69) is 4.98 Å². The highest BCUT2D eigenvalue weighted by Gasteiger charge is 2.02. The number of fused-ring (bicyclic) bond motifs is 1. The Hall–Kier alpha value is -2.85. The van der Waals surface area contributed by atoms with Crippen LogP contribution in [-0.4, -0.2) is 17.1 Å². The smallest absolute Gasteiger partial charge is 0.124 e. The van der Waals surface area contributed by atoms with Crippen molar-refractivity contribution in [2.45, 2.75) is 0 Å². The molecule has 4 heteroatoms. The van der Waals surface area contributed by atoms with Crippen LogP contribution >= 0.6 is 0 Å². The highest BCUT2D eigenvalue weighted by Crippen LogP contribution is 2.25. The molecular formula is C18H17N3O. The van der Waals surface area contributed by atoms with Gasteiger partial charge in [-0.1, -0.05) is 24.3 Å². The van der Waals surface area contributed by atoms with Gasteiger partial charge in [0.2, 0.25) is 0 Å². The number of hydrazine groups is 1. The number of pyridine rings is 1. The summed E-state index contributed by atoms with van der Waals surface area (Å²) in [7, 11) is 1.73. The molecule has 0 unspecified atom stereocenters. The normalized spacial score (nSPS) is 11.2. The van der Waals surface area contributed by atoms with E-state index in [0.29, 0.717) is 0 Å². The molecule has 22 heavy (non-hydrogen) atoms. The molecule has 4 nitrogen and oxygen atoms in total. The monoisotopic (exact) mass is 291 g/mol. The lowest BCUT2D eigenvalue weighted by molar-refractivity contribution is 0.474. The number of nitrogens with zero attached hydrogens (tertiary/aromatic N) is 2. The predicted molar refractivity (Wildman–Crippen MR) is 91.4 cm³/mol. The Labute approximate surface area is 129 Å². The van der Waals surface area contributed by atoms with E-state index >= 15 is 0 Å². The second kappa shape index (κ2) is 5.87. The number of benzene rings is 2. The zero-order valence-corrected chi connectivity index (χ0v) is 12.3. The Kier molecular flexibility index (Phi) is 3.76. The van der Waals surface area contributed by atoms with Crippen LogP contribution in [0.1, 0.15) is 11.3 Å². The van der Waals surface area contributed by atoms with Crippen LogP contribution in [0, 0.1) is 0 Å². The third-order valence-electron chi connectivity index (χ3n) is 3.47. The fourth-order valence-corrected chi connectivity index (χ4v) is 2.24. The van der Waals surface area contributed by atoms with Crippen LogP contribution in [0.25, 0.3) is 23.1 Å². The number of para-hydroxylation sites is 1. The van der Waals surface area contributed by atoms with Gasteiger partial charge in [-0.15, -0.1) is 0 Å². The van der Waals surface area contributed by atoms with Crippen LogP contribution in [0.5, 0.6) is 5.75 Å². The molecule has 1 aromatic heterocycles. The largest absolute Gasteiger partial charge is 0.507 e. The third-order valence-corrected chi connectivity index (χ3v) is 3.47. The topological polar surface area (TPSA) is 62.4 Å². The van der Waals surface area contributed by atoms with Gasteiger partial charge in [0.25, 0.3) is 0 Å². The van der Waals surface area contributed by atoms with E-state index in [9.17, 15) is 5.11 Å². The van der Waals surface area contributed by atoms with Crippen LogP contribution in [0.4, 0.5) is 5.69 Å². The van der Waals surface area contributed by atoms with Gasteiger partial charge in [0.05, 0.1) is 16.9 Å². The number of anilines is 1. The van der Waals surface area contributed by atoms with Crippen molar-refractivity contribution in [3.8, 4) is 5.75 Å². The number of phenols is 1. The van der Waals surface area contributed by atoms with E-state index in [1.54, 1.807) is 13.1 Å². The molecule has 0 aliphatic carbocycles. The van der Waals surface area contributed by atoms with Crippen molar-refractivity contribution in [3.63, 3.8) is 0 Å². The van der Waals surface area contributed by atoms with Gasteiger partial charge in [-0.2, -0.15) is 0 Å². The summed E-state index contributed by atoms with van der Waals surface area (Å²) in [6, 6.07) is 17.3. The predicted octanol–water partition coefficient (Wildman–Crippen LogP) is 3.42. The molecule has 0 amide bonds. The summed E-state index contributed by atoms with van der Waals surface area (Å²) in [5, 5.41) is 12.6. The number of aromatic hydroxyl groups is 1. The molecule has 0 saturated carbocycles. The summed E-state index contributed by atoms with van der Waals surface area (Å²) in [6.45, 7) is 0. The minimum Gasteiger partial charge on any atom is -0.507 e. The van der Waals surface area contributed by atoms with E-state index in [4.69, 9.17) is 5.84 Å². The standard InChI is InChI=1S/C18H17N3O/c1-21(19)16-11-8-14(18(22)12-16)7-10-15-9-6-13-4-2-3-5-17(13)20-15/h2-12,22H,19H2,1H3. The Morgan fingerprint density at radius 2 is 1.86 bits per heavy atom. The Morgan fingerprint density at radius 3 is 2.64 bits per heavy atom. The number of rotatable bonds is 3. The first kappa shape index (κ1) is 14.1. The number of aromatic nitrogens is 1. The molecule has 3 N–H and O–H groups in total. The van der Waals surface area contributed by atoms with E-state index in [1.807, 2.05) is 60.7 Å². The van der Waals surface area contributed by atoms with Crippen LogP contribution in [0.15, 0.2) is 54.6 Å². The molecule has 3 rings (SSSR count). The van der Waals surface area contributed by atoms with E-state index in [-0.39, 0.29) is 5.75 Å². The first-order valence-corrected chi connectivity index (χ1v) is 6.99. The summed E-state index contributed by atoms with van der Waals surface area (Å²) >= 11 is 0. The van der Waals surface area contributed by atoms with Gasteiger partial charge in [-0.25, -0.2) is 10.8 Å². The van der Waals surface area contributed by atoms with Gasteiger partial charge < -0.3 is 10.1 Å². The molecule has 0 bridgehead atoms. The van der Waals surface area contributed by atoms with Gasteiger partial charge in [-0.05, 0) is 36.4 Å². The Bertz CT molecular complexity index is 841. The Balaban J connectivity index is 1.89. The summed E-state index contributed by atoms with van der Waals surface area (Å²) in [5.74, 6) is 5.83. The molecule has 0 radical (unpaired) electrons. The second-order valence-corrected chi connectivity index (χ2v) is 5.12. The van der Waals surface area contributed by atoms with Crippen LogP contribution < -0.4 is 10.9 Å². The van der Waals surface area contributed by atoms with Gasteiger partial charge in [-0.3, -0.25) is 0 Å². The van der Waals surface area contributed by atoms with E-state index in [1.165, 1.54) is 5.01 Å². The molecule has 1 heterocycles. The summed E-state index contributed by atoms with van der Waals surface area (Å²) in [5.41, 5.74) is 3.27. The lowest BCUT2D eigenvalue weighted by Crippen LogP contribution is -2.24. The summed E-state index contributed by atoms with van der Waals surface area (Å²) < 4.78 is 0. The third kappa shape index (κ3) is 2.92. The van der Waals surface area contributed by atoms with Crippen molar-refractivity contribution in [2.75, 3.05) is 12.1 Å². The van der Waals surface area contributed by atoms with Crippen molar-refractivity contribution in [1.82, 2.24) is 4.98 Å². The second-order valence-electron chi connectivity index (χ2n) is 5.12. The highest BCUT2D eigenvalue weighted by molar-refractivity contribution is 5.81. The zero-order chi connectivity index (χ0) is 15.5. The number of phenolic OH excluding ortho intramolecular Hbond substituents is 1. The van der Waals surface area contributed by atoms with Crippen molar-refractivity contribution < 1.29 is 5.11 Å². The molecule has 0 aliphatic rings. The molecule has 2 aromatic carbocycles. The lowest BCUT2D eigenvalue weighted by atomic mass is 10.1. The van der Waals surface area contributed by atoms with E-state index in [0.717, 1.165) is 27.8 Å². The molecular weight excluding hydrogens is 274 g/mol. The van der Waals surface area contributed by atoms with Crippen LogP contribution in [-0.2, 0) is 0 Å². The minimum atomic E-state index is 0.187. The fourth-order valence-electron chi connectivity index (χ4n) is 2.24. The van der Waals surface area contributed by atoms with Gasteiger partial charge >= 0.3 is 0 Å².